The zero-order chi connectivity index (χ0) is 16.4. The lowest BCUT2D eigenvalue weighted by atomic mass is 9.81. The number of likely N-dealkylation sites (tertiary alicyclic amines) is 1. The molecule has 1 aliphatic carbocycles. The molecule has 2 fully saturated rings. The molecule has 8 nitrogen and oxygen atoms in total. The van der Waals surface area contributed by atoms with E-state index in [2.05, 4.69) is 15.5 Å². The maximum absolute atomic E-state index is 12.2. The normalized spacial score (nSPS) is 26.3. The number of urea groups is 1. The largest absolute Gasteiger partial charge is 0.481 e. The van der Waals surface area contributed by atoms with Gasteiger partial charge in [-0.2, -0.15) is 4.98 Å². The molecule has 0 radical (unpaired) electrons. The number of aliphatic carboxylic acids is 1. The zero-order valence-corrected chi connectivity index (χ0v) is 13.2. The van der Waals surface area contributed by atoms with E-state index in [9.17, 15) is 14.7 Å². The molecule has 126 valence electrons. The van der Waals surface area contributed by atoms with Gasteiger partial charge in [-0.1, -0.05) is 11.6 Å². The molecule has 0 aromatic carbocycles. The number of hydrogen-bond acceptors (Lipinski definition) is 5. The Bertz CT molecular complexity index is 602. The molecule has 23 heavy (non-hydrogen) atoms. The first-order chi connectivity index (χ1) is 11.0. The van der Waals surface area contributed by atoms with Crippen molar-refractivity contribution in [2.24, 2.45) is 11.3 Å². The quantitative estimate of drug-likeness (QED) is 0.789. The summed E-state index contributed by atoms with van der Waals surface area (Å²) in [6.07, 6.45) is 3.83. The Morgan fingerprint density at radius 3 is 3.00 bits per heavy atom. The van der Waals surface area contributed by atoms with Gasteiger partial charge in [0.15, 0.2) is 5.82 Å². The third-order valence-corrected chi connectivity index (χ3v) is 5.00. The number of fused-ring (bicyclic) bond motifs is 1. The van der Waals surface area contributed by atoms with E-state index < -0.39 is 11.4 Å². The minimum absolute atomic E-state index is 0.0899. The summed E-state index contributed by atoms with van der Waals surface area (Å²) in [5.74, 6) is 0.498. The average Bonchev–Trinajstić information content (AvgIpc) is 3.16. The lowest BCUT2D eigenvalue weighted by Crippen LogP contribution is -2.42. The summed E-state index contributed by atoms with van der Waals surface area (Å²) in [6.45, 7) is 3.13. The van der Waals surface area contributed by atoms with Crippen LogP contribution in [-0.4, -0.2) is 51.8 Å². The predicted molar refractivity (Wildman–Crippen MR) is 79.7 cm³/mol. The summed E-state index contributed by atoms with van der Waals surface area (Å²) in [4.78, 5) is 29.6. The van der Waals surface area contributed by atoms with Gasteiger partial charge >= 0.3 is 12.0 Å². The number of carbonyl (C=O) groups excluding carboxylic acids is 1. The molecule has 2 atom stereocenters. The Kier molecular flexibility index (Phi) is 4.23. The fraction of sp³-hybridized carbons (Fsp3) is 0.733. The molecule has 0 spiro atoms. The molecule has 8 heteroatoms. The van der Waals surface area contributed by atoms with Crippen molar-refractivity contribution in [2.75, 3.05) is 19.6 Å². The van der Waals surface area contributed by atoms with Gasteiger partial charge in [0.1, 0.15) is 0 Å². The highest BCUT2D eigenvalue weighted by atomic mass is 16.5. The van der Waals surface area contributed by atoms with Gasteiger partial charge in [-0.05, 0) is 32.1 Å². The van der Waals surface area contributed by atoms with Crippen molar-refractivity contribution in [1.29, 1.82) is 0 Å². The Balaban J connectivity index is 1.45. The molecule has 2 heterocycles. The molecule has 2 aliphatic rings. The van der Waals surface area contributed by atoms with Gasteiger partial charge in [0.2, 0.25) is 5.89 Å². The fourth-order valence-corrected chi connectivity index (χ4v) is 3.78. The molecule has 1 saturated heterocycles. The SMILES string of the molecule is Cc1noc(CCCNC(=O)N2C[C@@H]3CCC[C@@]3(C(=O)O)C2)n1. The number of carboxylic acids is 1. The molecule has 1 aromatic rings. The Labute approximate surface area is 134 Å². The van der Waals surface area contributed by atoms with Crippen molar-refractivity contribution in [3.8, 4) is 0 Å². The van der Waals surface area contributed by atoms with Crippen LogP contribution in [0, 0.1) is 18.3 Å². The summed E-state index contributed by atoms with van der Waals surface area (Å²) >= 11 is 0. The zero-order valence-electron chi connectivity index (χ0n) is 13.2. The summed E-state index contributed by atoms with van der Waals surface area (Å²) < 4.78 is 5.01. The summed E-state index contributed by atoms with van der Waals surface area (Å²) in [7, 11) is 0. The van der Waals surface area contributed by atoms with Crippen LogP contribution in [0.25, 0.3) is 0 Å². The topological polar surface area (TPSA) is 109 Å². The second-order valence-electron chi connectivity index (χ2n) is 6.50. The van der Waals surface area contributed by atoms with Crippen molar-refractivity contribution in [3.63, 3.8) is 0 Å². The molecule has 3 rings (SSSR count). The number of aromatic nitrogens is 2. The molecule has 1 aromatic heterocycles. The summed E-state index contributed by atoms with van der Waals surface area (Å²) in [5, 5.41) is 16.1. The first kappa shape index (κ1) is 15.8. The Morgan fingerprint density at radius 2 is 2.35 bits per heavy atom. The van der Waals surface area contributed by atoms with Crippen LogP contribution in [-0.2, 0) is 11.2 Å². The van der Waals surface area contributed by atoms with Gasteiger partial charge in [0.05, 0.1) is 5.41 Å². The first-order valence-corrected chi connectivity index (χ1v) is 8.06. The van der Waals surface area contributed by atoms with Crippen molar-refractivity contribution in [2.45, 2.75) is 39.0 Å². The number of amides is 2. The third-order valence-electron chi connectivity index (χ3n) is 5.00. The lowest BCUT2D eigenvalue weighted by molar-refractivity contribution is -0.149. The number of nitrogens with zero attached hydrogens (tertiary/aromatic N) is 3. The van der Waals surface area contributed by atoms with E-state index in [1.807, 2.05) is 0 Å². The van der Waals surface area contributed by atoms with Crippen LogP contribution in [0.15, 0.2) is 4.52 Å². The maximum atomic E-state index is 12.2. The number of hydrogen-bond donors (Lipinski definition) is 2. The standard InChI is InChI=1S/C15H22N4O4/c1-10-17-12(23-18-10)5-3-7-16-14(22)19-8-11-4-2-6-15(11,9-19)13(20)21/h11H,2-9H2,1H3,(H,16,22)(H,20,21)/t11-,15+/m0/s1. The van der Waals surface area contributed by atoms with Crippen molar-refractivity contribution >= 4 is 12.0 Å². The minimum Gasteiger partial charge on any atom is -0.481 e. The molecule has 0 bridgehead atoms. The second kappa shape index (κ2) is 6.17. The van der Waals surface area contributed by atoms with Gasteiger partial charge in [-0.15, -0.1) is 0 Å². The van der Waals surface area contributed by atoms with E-state index in [0.29, 0.717) is 50.6 Å². The number of nitrogens with one attached hydrogen (secondary N) is 1. The molecular formula is C15H22N4O4. The van der Waals surface area contributed by atoms with Crippen LogP contribution in [0.5, 0.6) is 0 Å². The van der Waals surface area contributed by atoms with Crippen molar-refractivity contribution < 1.29 is 19.2 Å². The second-order valence-corrected chi connectivity index (χ2v) is 6.50. The van der Waals surface area contributed by atoms with Gasteiger partial charge in [-0.25, -0.2) is 4.79 Å². The monoisotopic (exact) mass is 322 g/mol. The van der Waals surface area contributed by atoms with Crippen LogP contribution in [0.4, 0.5) is 4.79 Å². The van der Waals surface area contributed by atoms with E-state index in [-0.39, 0.29) is 11.9 Å². The number of rotatable bonds is 5. The Hall–Kier alpha value is -2.12. The van der Waals surface area contributed by atoms with Gasteiger partial charge in [0.25, 0.3) is 0 Å². The molecule has 1 saturated carbocycles. The highest BCUT2D eigenvalue weighted by Crippen LogP contribution is 2.48. The highest BCUT2D eigenvalue weighted by Gasteiger charge is 2.55. The number of carboxylic acid groups (broad SMARTS) is 1. The molecule has 2 N–H and O–H groups in total. The van der Waals surface area contributed by atoms with Gasteiger partial charge in [-0.3, -0.25) is 4.79 Å². The lowest BCUT2D eigenvalue weighted by Gasteiger charge is -2.23. The fourth-order valence-electron chi connectivity index (χ4n) is 3.78. The van der Waals surface area contributed by atoms with Crippen molar-refractivity contribution in [3.05, 3.63) is 11.7 Å². The van der Waals surface area contributed by atoms with E-state index in [1.165, 1.54) is 0 Å². The minimum atomic E-state index is -0.762. The molecule has 0 unspecified atom stereocenters. The van der Waals surface area contributed by atoms with Gasteiger partial charge in [0, 0.05) is 26.1 Å². The van der Waals surface area contributed by atoms with E-state index in [4.69, 9.17) is 4.52 Å². The highest BCUT2D eigenvalue weighted by molar-refractivity contribution is 5.80. The van der Waals surface area contributed by atoms with E-state index in [1.54, 1.807) is 11.8 Å². The number of aryl methyl sites for hydroxylation is 2. The average molecular weight is 322 g/mol. The third kappa shape index (κ3) is 3.02. The first-order valence-electron chi connectivity index (χ1n) is 8.06. The van der Waals surface area contributed by atoms with E-state index >= 15 is 0 Å². The van der Waals surface area contributed by atoms with Crippen LogP contribution in [0.3, 0.4) is 0 Å². The molecule has 2 amide bonds. The van der Waals surface area contributed by atoms with E-state index in [0.717, 1.165) is 12.8 Å². The smallest absolute Gasteiger partial charge is 0.317 e. The van der Waals surface area contributed by atoms with Crippen LogP contribution >= 0.6 is 0 Å². The summed E-state index contributed by atoms with van der Waals surface area (Å²) in [5.41, 5.74) is -0.724. The van der Waals surface area contributed by atoms with Crippen LogP contribution < -0.4 is 5.32 Å². The summed E-state index contributed by atoms with van der Waals surface area (Å²) in [6, 6.07) is -0.179. The maximum Gasteiger partial charge on any atom is 0.317 e. The van der Waals surface area contributed by atoms with Crippen LogP contribution in [0.2, 0.25) is 0 Å². The predicted octanol–water partition coefficient (Wildman–Crippen LogP) is 1.21. The Morgan fingerprint density at radius 1 is 1.52 bits per heavy atom. The van der Waals surface area contributed by atoms with Crippen molar-refractivity contribution in [1.82, 2.24) is 20.4 Å². The number of carbonyl (C=O) groups is 2. The van der Waals surface area contributed by atoms with Crippen LogP contribution in [0.1, 0.15) is 37.4 Å². The van der Waals surface area contributed by atoms with Gasteiger partial charge < -0.3 is 19.8 Å². The molecular weight excluding hydrogens is 300 g/mol. The molecule has 1 aliphatic heterocycles.